The molecule has 19 heavy (non-hydrogen) atoms. The third kappa shape index (κ3) is 4.67. The van der Waals surface area contributed by atoms with Crippen molar-refractivity contribution in [2.45, 2.75) is 6.42 Å². The van der Waals surface area contributed by atoms with Gasteiger partial charge in [0.05, 0.1) is 5.51 Å². The van der Waals surface area contributed by atoms with Gasteiger partial charge in [-0.3, -0.25) is 9.78 Å². The molecule has 0 aliphatic carbocycles. The maximum Gasteiger partial charge on any atom is 0.257 e. The van der Waals surface area contributed by atoms with Crippen LogP contribution in [0.2, 0.25) is 0 Å². The molecule has 0 atom stereocenters. The van der Waals surface area contributed by atoms with Crippen LogP contribution in [-0.2, 0) is 11.2 Å². The molecule has 2 aromatic rings. The van der Waals surface area contributed by atoms with E-state index in [1.165, 1.54) is 24.3 Å². The Hall–Kier alpha value is -1.95. The number of nitrogens with one attached hydrogen (secondary N) is 1. The van der Waals surface area contributed by atoms with Crippen molar-refractivity contribution in [1.29, 1.82) is 0 Å². The molecule has 0 saturated heterocycles. The van der Waals surface area contributed by atoms with Crippen molar-refractivity contribution in [2.24, 2.45) is 0 Å². The Bertz CT molecular complexity index is 514. The number of ether oxygens (including phenoxy) is 1. The number of carbonyl (C=O) groups is 1. The van der Waals surface area contributed by atoms with E-state index in [0.29, 0.717) is 12.3 Å². The van der Waals surface area contributed by atoms with E-state index in [4.69, 9.17) is 4.74 Å². The van der Waals surface area contributed by atoms with E-state index in [-0.39, 0.29) is 18.3 Å². The second-order valence-electron chi connectivity index (χ2n) is 3.81. The van der Waals surface area contributed by atoms with E-state index in [2.05, 4.69) is 10.3 Å². The number of hydrogen-bond acceptors (Lipinski definition) is 4. The Balaban J connectivity index is 1.65. The fraction of sp³-hybridized carbons (Fsp3) is 0.231. The second-order valence-corrected chi connectivity index (χ2v) is 4.78. The highest BCUT2D eigenvalue weighted by atomic mass is 32.1. The lowest BCUT2D eigenvalue weighted by Crippen LogP contribution is -2.30. The molecule has 0 aliphatic rings. The van der Waals surface area contributed by atoms with Crippen LogP contribution in [-0.4, -0.2) is 24.0 Å². The van der Waals surface area contributed by atoms with Crippen LogP contribution in [0.1, 0.15) is 4.88 Å². The zero-order valence-corrected chi connectivity index (χ0v) is 11.0. The first-order chi connectivity index (χ1) is 9.24. The van der Waals surface area contributed by atoms with Crippen LogP contribution in [0.15, 0.2) is 36.0 Å². The Labute approximate surface area is 114 Å². The summed E-state index contributed by atoms with van der Waals surface area (Å²) >= 11 is 1.56. The van der Waals surface area contributed by atoms with Crippen LogP contribution < -0.4 is 10.1 Å². The predicted octanol–water partition coefficient (Wildman–Crippen LogP) is 2.02. The summed E-state index contributed by atoms with van der Waals surface area (Å²) in [5, 5.41) is 2.74. The van der Waals surface area contributed by atoms with Crippen LogP contribution >= 0.6 is 11.3 Å². The van der Waals surface area contributed by atoms with Gasteiger partial charge in [-0.2, -0.15) is 0 Å². The van der Waals surface area contributed by atoms with Crippen molar-refractivity contribution in [2.75, 3.05) is 13.2 Å². The van der Waals surface area contributed by atoms with E-state index >= 15 is 0 Å². The molecule has 0 bridgehead atoms. The van der Waals surface area contributed by atoms with Gasteiger partial charge in [-0.25, -0.2) is 4.39 Å². The predicted molar refractivity (Wildman–Crippen MR) is 70.7 cm³/mol. The van der Waals surface area contributed by atoms with Gasteiger partial charge in [0.25, 0.3) is 5.91 Å². The van der Waals surface area contributed by atoms with Crippen LogP contribution in [0.3, 0.4) is 0 Å². The third-order valence-electron chi connectivity index (χ3n) is 2.36. The molecule has 1 N–H and O–H groups in total. The Kier molecular flexibility index (Phi) is 4.85. The molecule has 4 nitrogen and oxygen atoms in total. The van der Waals surface area contributed by atoms with Gasteiger partial charge in [0.2, 0.25) is 0 Å². The number of aromatic nitrogens is 1. The molecule has 2 rings (SSSR count). The van der Waals surface area contributed by atoms with Gasteiger partial charge in [-0.15, -0.1) is 11.3 Å². The highest BCUT2D eigenvalue weighted by Crippen LogP contribution is 2.10. The third-order valence-corrected chi connectivity index (χ3v) is 3.20. The minimum atomic E-state index is -0.332. The smallest absolute Gasteiger partial charge is 0.257 e. The first-order valence-corrected chi connectivity index (χ1v) is 6.64. The lowest BCUT2D eigenvalue weighted by molar-refractivity contribution is -0.123. The maximum absolute atomic E-state index is 12.6. The van der Waals surface area contributed by atoms with E-state index in [1.807, 2.05) is 0 Å². The molecular weight excluding hydrogens is 267 g/mol. The van der Waals surface area contributed by atoms with Gasteiger partial charge in [0.1, 0.15) is 11.6 Å². The molecule has 0 saturated carbocycles. The van der Waals surface area contributed by atoms with Crippen molar-refractivity contribution in [3.8, 4) is 5.75 Å². The summed E-state index contributed by atoms with van der Waals surface area (Å²) in [7, 11) is 0. The van der Waals surface area contributed by atoms with Gasteiger partial charge in [0, 0.05) is 24.0 Å². The second kappa shape index (κ2) is 6.84. The molecule has 0 radical (unpaired) electrons. The summed E-state index contributed by atoms with van der Waals surface area (Å²) in [6.07, 6.45) is 2.54. The highest BCUT2D eigenvalue weighted by molar-refractivity contribution is 7.09. The topological polar surface area (TPSA) is 51.2 Å². The van der Waals surface area contributed by atoms with Gasteiger partial charge >= 0.3 is 0 Å². The van der Waals surface area contributed by atoms with Gasteiger partial charge < -0.3 is 10.1 Å². The molecule has 0 spiro atoms. The number of benzene rings is 1. The normalized spacial score (nSPS) is 10.2. The molecular formula is C13H13FN2O2S. The van der Waals surface area contributed by atoms with Crippen molar-refractivity contribution in [3.63, 3.8) is 0 Å². The van der Waals surface area contributed by atoms with E-state index in [0.717, 1.165) is 11.3 Å². The van der Waals surface area contributed by atoms with Gasteiger partial charge in [0.15, 0.2) is 6.61 Å². The van der Waals surface area contributed by atoms with Crippen molar-refractivity contribution < 1.29 is 13.9 Å². The number of rotatable bonds is 6. The fourth-order valence-corrected chi connectivity index (χ4v) is 2.02. The monoisotopic (exact) mass is 280 g/mol. The van der Waals surface area contributed by atoms with Crippen LogP contribution in [0.25, 0.3) is 0 Å². The summed E-state index contributed by atoms with van der Waals surface area (Å²) in [5.74, 6) is -0.0609. The zero-order valence-electron chi connectivity index (χ0n) is 10.1. The standard InChI is InChI=1S/C13H13FN2O2S/c14-10-1-3-11(4-2-10)18-8-13(17)16-6-5-12-7-15-9-19-12/h1-4,7,9H,5-6,8H2,(H,16,17). The SMILES string of the molecule is O=C(COc1ccc(F)cc1)NCCc1cncs1. The number of nitrogens with zero attached hydrogens (tertiary/aromatic N) is 1. The van der Waals surface area contributed by atoms with Crippen LogP contribution in [0, 0.1) is 5.82 Å². The lowest BCUT2D eigenvalue weighted by atomic mass is 10.3. The summed E-state index contributed by atoms with van der Waals surface area (Å²) in [6, 6.07) is 5.55. The largest absolute Gasteiger partial charge is 0.484 e. The molecule has 1 aromatic heterocycles. The molecule has 0 fully saturated rings. The first kappa shape index (κ1) is 13.5. The van der Waals surface area contributed by atoms with Crippen LogP contribution in [0.4, 0.5) is 4.39 Å². The molecule has 1 amide bonds. The lowest BCUT2D eigenvalue weighted by Gasteiger charge is -2.06. The van der Waals surface area contributed by atoms with Crippen molar-refractivity contribution in [3.05, 3.63) is 46.7 Å². The van der Waals surface area contributed by atoms with E-state index in [9.17, 15) is 9.18 Å². The Morgan fingerprint density at radius 2 is 2.16 bits per heavy atom. The minimum absolute atomic E-state index is 0.0751. The number of carbonyl (C=O) groups excluding carboxylic acids is 1. The molecule has 0 aliphatic heterocycles. The number of amides is 1. The molecule has 6 heteroatoms. The highest BCUT2D eigenvalue weighted by Gasteiger charge is 2.03. The Morgan fingerprint density at radius 3 is 2.84 bits per heavy atom. The molecule has 1 aromatic carbocycles. The maximum atomic E-state index is 12.6. The van der Waals surface area contributed by atoms with Crippen molar-refractivity contribution in [1.82, 2.24) is 10.3 Å². The quantitative estimate of drug-likeness (QED) is 0.880. The van der Waals surface area contributed by atoms with Crippen molar-refractivity contribution >= 4 is 17.2 Å². The average molecular weight is 280 g/mol. The number of halogens is 1. The molecule has 100 valence electrons. The summed E-state index contributed by atoms with van der Waals surface area (Å²) in [4.78, 5) is 16.6. The first-order valence-electron chi connectivity index (χ1n) is 5.76. The summed E-state index contributed by atoms with van der Waals surface area (Å²) < 4.78 is 17.9. The number of thiazole rings is 1. The average Bonchev–Trinajstić information content (AvgIpc) is 2.91. The summed E-state index contributed by atoms with van der Waals surface area (Å²) in [5.41, 5.74) is 1.76. The molecule has 1 heterocycles. The fourth-order valence-electron chi connectivity index (χ4n) is 1.42. The van der Waals surface area contributed by atoms with Gasteiger partial charge in [-0.1, -0.05) is 0 Å². The van der Waals surface area contributed by atoms with Gasteiger partial charge in [-0.05, 0) is 24.3 Å². The minimum Gasteiger partial charge on any atom is -0.484 e. The number of hydrogen-bond donors (Lipinski definition) is 1. The summed E-state index contributed by atoms with van der Waals surface area (Å²) in [6.45, 7) is 0.474. The van der Waals surface area contributed by atoms with E-state index < -0.39 is 0 Å². The molecule has 0 unspecified atom stereocenters. The van der Waals surface area contributed by atoms with Crippen LogP contribution in [0.5, 0.6) is 5.75 Å². The Morgan fingerprint density at radius 1 is 1.37 bits per heavy atom. The zero-order chi connectivity index (χ0) is 13.5. The van der Waals surface area contributed by atoms with E-state index in [1.54, 1.807) is 23.0 Å².